The number of amides is 1. The fourth-order valence-corrected chi connectivity index (χ4v) is 3.15. The van der Waals surface area contributed by atoms with Gasteiger partial charge in [-0.3, -0.25) is 14.5 Å². The molecule has 0 aliphatic carbocycles. The van der Waals surface area contributed by atoms with E-state index < -0.39 is 0 Å². The summed E-state index contributed by atoms with van der Waals surface area (Å²) in [5.41, 5.74) is 0.984. The molecule has 2 fully saturated rings. The molecule has 2 aliphatic heterocycles. The van der Waals surface area contributed by atoms with Crippen LogP contribution in [0, 0.1) is 5.41 Å². The molecule has 0 aromatic carbocycles. The van der Waals surface area contributed by atoms with Crippen LogP contribution in [0.25, 0.3) is 0 Å². The Hall–Kier alpha value is -1.36. The van der Waals surface area contributed by atoms with E-state index in [0.717, 1.165) is 44.4 Å². The summed E-state index contributed by atoms with van der Waals surface area (Å²) in [6, 6.07) is 0. The van der Waals surface area contributed by atoms with Gasteiger partial charge in [-0.15, -0.1) is 24.0 Å². The molecule has 2 aliphatic rings. The van der Waals surface area contributed by atoms with Gasteiger partial charge >= 0.3 is 0 Å². The highest BCUT2D eigenvalue weighted by molar-refractivity contribution is 14.0. The van der Waals surface area contributed by atoms with Crippen molar-refractivity contribution in [1.82, 2.24) is 20.0 Å². The second-order valence-corrected chi connectivity index (χ2v) is 6.85. The predicted molar refractivity (Wildman–Crippen MR) is 107 cm³/mol. The minimum Gasteiger partial charge on any atom is -0.381 e. The Morgan fingerprint density at radius 2 is 2.28 bits per heavy atom. The molecule has 0 bridgehead atoms. The number of nitrogens with zero attached hydrogens (tertiary/aromatic N) is 5. The Morgan fingerprint density at radius 3 is 2.84 bits per heavy atom. The molecule has 9 heteroatoms. The molecule has 1 aromatic heterocycles. The standard InChI is InChI=1S/C16H26N6O2.HI/c1-16(4-7-24-12-16)11-18-15(17-2)21-5-6-22(14(23)10-21)13-8-19-20(3)9-13;/h8-9H,4-7,10-12H2,1-3H3,(H,17,18);1H. The highest BCUT2D eigenvalue weighted by Gasteiger charge is 2.32. The number of carbonyl (C=O) groups is 1. The number of carbonyl (C=O) groups excluding carboxylic acids is 1. The number of guanidine groups is 1. The number of aromatic nitrogens is 2. The molecule has 8 nitrogen and oxygen atoms in total. The zero-order valence-electron chi connectivity index (χ0n) is 15.1. The molecule has 2 saturated heterocycles. The van der Waals surface area contributed by atoms with Gasteiger partial charge in [-0.1, -0.05) is 6.92 Å². The third-order valence-electron chi connectivity index (χ3n) is 4.71. The number of hydrogen-bond acceptors (Lipinski definition) is 4. The molecular formula is C16H27IN6O2. The summed E-state index contributed by atoms with van der Waals surface area (Å²) in [5, 5.41) is 7.55. The first kappa shape index (κ1) is 20.0. The van der Waals surface area contributed by atoms with E-state index in [1.807, 2.05) is 18.1 Å². The van der Waals surface area contributed by atoms with Gasteiger partial charge in [0.25, 0.3) is 0 Å². The van der Waals surface area contributed by atoms with Crippen LogP contribution in [0.15, 0.2) is 17.4 Å². The van der Waals surface area contributed by atoms with Gasteiger partial charge in [0.1, 0.15) is 6.54 Å². The molecule has 3 rings (SSSR count). The first-order chi connectivity index (χ1) is 11.5. The van der Waals surface area contributed by atoms with Gasteiger partial charge in [0.2, 0.25) is 5.91 Å². The highest BCUT2D eigenvalue weighted by Crippen LogP contribution is 2.26. The Balaban J connectivity index is 0.00000225. The van der Waals surface area contributed by atoms with Crippen LogP contribution in [0.5, 0.6) is 0 Å². The number of hydrogen-bond donors (Lipinski definition) is 1. The first-order valence-corrected chi connectivity index (χ1v) is 8.33. The number of rotatable bonds is 3. The second kappa shape index (κ2) is 8.35. The maximum Gasteiger partial charge on any atom is 0.246 e. The van der Waals surface area contributed by atoms with Gasteiger partial charge in [-0.05, 0) is 6.42 Å². The average Bonchev–Trinajstić information content (AvgIpc) is 3.17. The number of aryl methyl sites for hydroxylation is 1. The van der Waals surface area contributed by atoms with Crippen molar-refractivity contribution in [3.63, 3.8) is 0 Å². The van der Waals surface area contributed by atoms with Gasteiger partial charge in [0.05, 0.1) is 18.5 Å². The third-order valence-corrected chi connectivity index (χ3v) is 4.71. The van der Waals surface area contributed by atoms with E-state index in [1.54, 1.807) is 22.8 Å². The molecule has 1 amide bonds. The van der Waals surface area contributed by atoms with Crippen molar-refractivity contribution >= 4 is 41.5 Å². The molecule has 0 saturated carbocycles. The van der Waals surface area contributed by atoms with Crippen molar-refractivity contribution in [1.29, 1.82) is 0 Å². The Morgan fingerprint density at radius 1 is 1.48 bits per heavy atom. The van der Waals surface area contributed by atoms with Crippen LogP contribution in [0.1, 0.15) is 13.3 Å². The number of ether oxygens (including phenoxy) is 1. The zero-order valence-corrected chi connectivity index (χ0v) is 17.4. The van der Waals surface area contributed by atoms with Gasteiger partial charge in [-0.2, -0.15) is 5.10 Å². The summed E-state index contributed by atoms with van der Waals surface area (Å²) >= 11 is 0. The van der Waals surface area contributed by atoms with Crippen LogP contribution in [0.2, 0.25) is 0 Å². The van der Waals surface area contributed by atoms with E-state index in [-0.39, 0.29) is 35.3 Å². The lowest BCUT2D eigenvalue weighted by atomic mass is 9.90. The van der Waals surface area contributed by atoms with Crippen molar-refractivity contribution in [3.05, 3.63) is 12.4 Å². The number of aliphatic imine (C=N–C) groups is 1. The number of piperazine rings is 1. The maximum absolute atomic E-state index is 12.5. The number of nitrogens with one attached hydrogen (secondary N) is 1. The minimum atomic E-state index is 0. The molecule has 140 valence electrons. The van der Waals surface area contributed by atoms with Crippen molar-refractivity contribution in [2.45, 2.75) is 13.3 Å². The summed E-state index contributed by atoms with van der Waals surface area (Å²) in [6.45, 7) is 6.30. The van der Waals surface area contributed by atoms with Crippen LogP contribution in [-0.2, 0) is 16.6 Å². The lowest BCUT2D eigenvalue weighted by Gasteiger charge is -2.36. The summed E-state index contributed by atoms with van der Waals surface area (Å²) in [4.78, 5) is 20.6. The molecule has 3 heterocycles. The monoisotopic (exact) mass is 462 g/mol. The predicted octanol–water partition coefficient (Wildman–Crippen LogP) is 0.689. The largest absolute Gasteiger partial charge is 0.381 e. The SMILES string of the molecule is CN=C(NCC1(C)CCOC1)N1CCN(c2cnn(C)c2)C(=O)C1.I. The van der Waals surface area contributed by atoms with Crippen molar-refractivity contribution < 1.29 is 9.53 Å². The van der Waals surface area contributed by atoms with Crippen LogP contribution >= 0.6 is 24.0 Å². The summed E-state index contributed by atoms with van der Waals surface area (Å²) in [7, 11) is 3.61. The lowest BCUT2D eigenvalue weighted by molar-refractivity contribution is -0.120. The van der Waals surface area contributed by atoms with E-state index in [1.165, 1.54) is 0 Å². The average molecular weight is 462 g/mol. The summed E-state index contributed by atoms with van der Waals surface area (Å²) < 4.78 is 7.20. The van der Waals surface area contributed by atoms with Gasteiger partial charge in [0.15, 0.2) is 5.96 Å². The molecule has 1 atom stereocenters. The fourth-order valence-electron chi connectivity index (χ4n) is 3.15. The first-order valence-electron chi connectivity index (χ1n) is 8.33. The molecule has 0 spiro atoms. The van der Waals surface area contributed by atoms with Gasteiger partial charge in [-0.25, -0.2) is 0 Å². The molecule has 1 aromatic rings. The topological polar surface area (TPSA) is 75.0 Å². The third kappa shape index (κ3) is 4.63. The normalized spacial score (nSPS) is 24.4. The van der Waals surface area contributed by atoms with Crippen molar-refractivity contribution in [2.24, 2.45) is 17.5 Å². The van der Waals surface area contributed by atoms with Crippen LogP contribution in [0.3, 0.4) is 0 Å². The van der Waals surface area contributed by atoms with Gasteiger partial charge < -0.3 is 19.9 Å². The highest BCUT2D eigenvalue weighted by atomic mass is 127. The van der Waals surface area contributed by atoms with Gasteiger partial charge in [0, 0.05) is 51.9 Å². The minimum absolute atomic E-state index is 0. The molecule has 25 heavy (non-hydrogen) atoms. The molecule has 1 N–H and O–H groups in total. The van der Waals surface area contributed by atoms with E-state index in [0.29, 0.717) is 13.1 Å². The van der Waals surface area contributed by atoms with E-state index >= 15 is 0 Å². The smallest absolute Gasteiger partial charge is 0.246 e. The van der Waals surface area contributed by atoms with Crippen LogP contribution in [-0.4, -0.2) is 73.0 Å². The van der Waals surface area contributed by atoms with Crippen LogP contribution in [0.4, 0.5) is 5.69 Å². The second-order valence-electron chi connectivity index (χ2n) is 6.85. The molecular weight excluding hydrogens is 435 g/mol. The quantitative estimate of drug-likeness (QED) is 0.407. The zero-order chi connectivity index (χ0) is 17.2. The Labute approximate surface area is 165 Å². The number of anilines is 1. The summed E-state index contributed by atoms with van der Waals surface area (Å²) in [5.74, 6) is 0.843. The summed E-state index contributed by atoms with van der Waals surface area (Å²) in [6.07, 6.45) is 4.63. The number of halogens is 1. The maximum atomic E-state index is 12.5. The van der Waals surface area contributed by atoms with Crippen molar-refractivity contribution in [3.8, 4) is 0 Å². The van der Waals surface area contributed by atoms with E-state index in [4.69, 9.17) is 4.74 Å². The lowest BCUT2D eigenvalue weighted by Crippen LogP contribution is -2.56. The molecule has 0 radical (unpaired) electrons. The molecule has 1 unspecified atom stereocenters. The van der Waals surface area contributed by atoms with Crippen molar-refractivity contribution in [2.75, 3.05) is 51.3 Å². The van der Waals surface area contributed by atoms with E-state index in [2.05, 4.69) is 22.3 Å². The van der Waals surface area contributed by atoms with Crippen LogP contribution < -0.4 is 10.2 Å². The Bertz CT molecular complexity index is 626. The Kier molecular flexibility index (Phi) is 6.66. The van der Waals surface area contributed by atoms with E-state index in [9.17, 15) is 4.79 Å². The fraction of sp³-hybridized carbons (Fsp3) is 0.688.